The number of sulfonamides is 1. The molecule has 7 heteroatoms. The molecule has 6 nitrogen and oxygen atoms in total. The molecule has 0 saturated carbocycles. The van der Waals surface area contributed by atoms with Crippen LogP contribution in [0.25, 0.3) is 0 Å². The van der Waals surface area contributed by atoms with Gasteiger partial charge in [-0.2, -0.15) is 9.40 Å². The first-order valence-corrected chi connectivity index (χ1v) is 7.50. The zero-order chi connectivity index (χ0) is 13.3. The molecule has 1 N–H and O–H groups in total. The quantitative estimate of drug-likeness (QED) is 0.853. The van der Waals surface area contributed by atoms with Gasteiger partial charge in [-0.1, -0.05) is 0 Å². The molecule has 1 aliphatic rings. The number of piperidine rings is 1. The largest absolute Gasteiger partial charge is 0.396 e. The number of hydrogen-bond acceptors (Lipinski definition) is 4. The van der Waals surface area contributed by atoms with E-state index in [9.17, 15) is 13.5 Å². The van der Waals surface area contributed by atoms with E-state index in [1.165, 1.54) is 21.4 Å². The molecule has 0 spiro atoms. The van der Waals surface area contributed by atoms with Crippen LogP contribution in [-0.2, 0) is 17.1 Å². The van der Waals surface area contributed by atoms with Gasteiger partial charge < -0.3 is 5.11 Å². The summed E-state index contributed by atoms with van der Waals surface area (Å²) in [5, 5.41) is 13.1. The highest BCUT2D eigenvalue weighted by molar-refractivity contribution is 7.89. The molecule has 1 aliphatic heterocycles. The van der Waals surface area contributed by atoms with E-state index in [-0.39, 0.29) is 23.5 Å². The second-order valence-corrected chi connectivity index (χ2v) is 6.79. The Morgan fingerprint density at radius 2 is 2.22 bits per heavy atom. The predicted molar refractivity (Wildman–Crippen MR) is 66.4 cm³/mol. The van der Waals surface area contributed by atoms with Gasteiger partial charge in [0.1, 0.15) is 4.90 Å². The molecule has 0 aliphatic carbocycles. The number of nitrogens with zero attached hydrogens (tertiary/aromatic N) is 3. The van der Waals surface area contributed by atoms with E-state index in [1.807, 2.05) is 6.92 Å². The van der Waals surface area contributed by atoms with E-state index in [0.717, 1.165) is 12.8 Å². The van der Waals surface area contributed by atoms with Crippen molar-refractivity contribution in [2.24, 2.45) is 13.0 Å². The lowest BCUT2D eigenvalue weighted by molar-refractivity contribution is 0.139. The molecule has 1 saturated heterocycles. The van der Waals surface area contributed by atoms with Crippen molar-refractivity contribution in [1.82, 2.24) is 14.1 Å². The van der Waals surface area contributed by atoms with E-state index in [0.29, 0.717) is 6.54 Å². The Balaban J connectivity index is 2.28. The van der Waals surface area contributed by atoms with Gasteiger partial charge in [-0.05, 0) is 25.7 Å². The van der Waals surface area contributed by atoms with E-state index >= 15 is 0 Å². The molecule has 102 valence electrons. The fraction of sp³-hybridized carbons (Fsp3) is 0.727. The molecule has 0 aromatic carbocycles. The van der Waals surface area contributed by atoms with Crippen LogP contribution >= 0.6 is 0 Å². The van der Waals surface area contributed by atoms with Crippen molar-refractivity contribution in [3.05, 3.63) is 12.4 Å². The molecular formula is C11H19N3O3S. The van der Waals surface area contributed by atoms with Gasteiger partial charge >= 0.3 is 0 Å². The Labute approximate surface area is 107 Å². The van der Waals surface area contributed by atoms with Gasteiger partial charge in [0.25, 0.3) is 0 Å². The zero-order valence-electron chi connectivity index (χ0n) is 10.7. The summed E-state index contributed by atoms with van der Waals surface area (Å²) in [5.74, 6) is 0.0349. The third kappa shape index (κ3) is 2.43. The van der Waals surface area contributed by atoms with Crippen molar-refractivity contribution < 1.29 is 13.5 Å². The van der Waals surface area contributed by atoms with Crippen molar-refractivity contribution in [3.63, 3.8) is 0 Å². The van der Waals surface area contributed by atoms with E-state index in [4.69, 9.17) is 0 Å². The summed E-state index contributed by atoms with van der Waals surface area (Å²) >= 11 is 0. The fourth-order valence-electron chi connectivity index (χ4n) is 2.30. The van der Waals surface area contributed by atoms with E-state index in [2.05, 4.69) is 5.10 Å². The average Bonchev–Trinajstić information content (AvgIpc) is 2.77. The molecule has 2 atom stereocenters. The fourth-order valence-corrected chi connectivity index (χ4v) is 4.02. The van der Waals surface area contributed by atoms with Crippen molar-refractivity contribution in [3.8, 4) is 0 Å². The first-order valence-electron chi connectivity index (χ1n) is 6.06. The molecule has 2 rings (SSSR count). The summed E-state index contributed by atoms with van der Waals surface area (Å²) < 4.78 is 27.9. The van der Waals surface area contributed by atoms with Crippen LogP contribution < -0.4 is 0 Å². The molecular weight excluding hydrogens is 254 g/mol. The second-order valence-electron chi connectivity index (χ2n) is 4.90. The van der Waals surface area contributed by atoms with Crippen molar-refractivity contribution in [2.75, 3.05) is 13.2 Å². The third-order valence-electron chi connectivity index (χ3n) is 3.47. The summed E-state index contributed by atoms with van der Waals surface area (Å²) in [4.78, 5) is 0.218. The van der Waals surface area contributed by atoms with Gasteiger partial charge in [0.15, 0.2) is 0 Å². The monoisotopic (exact) mass is 273 g/mol. The lowest BCUT2D eigenvalue weighted by Crippen LogP contribution is -2.46. The molecule has 0 radical (unpaired) electrons. The molecule has 2 heterocycles. The first kappa shape index (κ1) is 13.5. The van der Waals surface area contributed by atoms with Crippen LogP contribution in [0.1, 0.15) is 19.8 Å². The minimum atomic E-state index is -3.49. The number of aromatic nitrogens is 2. The zero-order valence-corrected chi connectivity index (χ0v) is 11.5. The summed E-state index contributed by atoms with van der Waals surface area (Å²) in [6.45, 7) is 2.32. The SMILES string of the molecule is CC1CCC(CO)CN1S(=O)(=O)c1cnn(C)c1. The van der Waals surface area contributed by atoms with Crippen LogP contribution in [0.15, 0.2) is 17.3 Å². The van der Waals surface area contributed by atoms with Crippen molar-refractivity contribution >= 4 is 10.0 Å². The maximum atomic E-state index is 12.5. The molecule has 0 bridgehead atoms. The smallest absolute Gasteiger partial charge is 0.246 e. The molecule has 1 aromatic rings. The van der Waals surface area contributed by atoms with Crippen molar-refractivity contribution in [1.29, 1.82) is 0 Å². The lowest BCUT2D eigenvalue weighted by Gasteiger charge is -2.35. The van der Waals surface area contributed by atoms with Crippen LogP contribution in [0.2, 0.25) is 0 Å². The highest BCUT2D eigenvalue weighted by atomic mass is 32.2. The number of aryl methyl sites for hydroxylation is 1. The Hall–Kier alpha value is -0.920. The van der Waals surface area contributed by atoms with Crippen LogP contribution in [-0.4, -0.2) is 46.8 Å². The van der Waals surface area contributed by atoms with Crippen molar-refractivity contribution in [2.45, 2.75) is 30.7 Å². The third-order valence-corrected chi connectivity index (χ3v) is 5.40. The number of hydrogen-bond donors (Lipinski definition) is 1. The summed E-state index contributed by atoms with van der Waals surface area (Å²) in [5.41, 5.74) is 0. The van der Waals surface area contributed by atoms with Crippen LogP contribution in [0, 0.1) is 5.92 Å². The molecule has 18 heavy (non-hydrogen) atoms. The van der Waals surface area contributed by atoms with Gasteiger partial charge in [-0.3, -0.25) is 4.68 Å². The minimum absolute atomic E-state index is 0.0296. The maximum Gasteiger partial charge on any atom is 0.246 e. The number of aliphatic hydroxyl groups is 1. The first-order chi connectivity index (χ1) is 8.45. The van der Waals surface area contributed by atoms with E-state index in [1.54, 1.807) is 7.05 Å². The van der Waals surface area contributed by atoms with Crippen LogP contribution in [0.3, 0.4) is 0 Å². The Morgan fingerprint density at radius 1 is 1.50 bits per heavy atom. The number of rotatable bonds is 3. The maximum absolute atomic E-state index is 12.5. The predicted octanol–water partition coefficient (Wildman–Crippen LogP) is 0.202. The summed E-state index contributed by atoms with van der Waals surface area (Å²) in [6, 6.07) is -0.0296. The van der Waals surface area contributed by atoms with E-state index < -0.39 is 10.0 Å². The Kier molecular flexibility index (Phi) is 3.74. The highest BCUT2D eigenvalue weighted by Crippen LogP contribution is 2.27. The van der Waals surface area contributed by atoms with Gasteiger partial charge in [-0.15, -0.1) is 0 Å². The molecule has 1 fully saturated rings. The van der Waals surface area contributed by atoms with Crippen LogP contribution in [0.5, 0.6) is 0 Å². The van der Waals surface area contributed by atoms with Gasteiger partial charge in [0.05, 0.1) is 6.20 Å². The topological polar surface area (TPSA) is 75.4 Å². The standard InChI is InChI=1S/C11H19N3O3S/c1-9-3-4-10(8-15)6-14(9)18(16,17)11-5-12-13(2)7-11/h5,7,9-10,15H,3-4,6,8H2,1-2H3. The highest BCUT2D eigenvalue weighted by Gasteiger charge is 2.35. The minimum Gasteiger partial charge on any atom is -0.396 e. The average molecular weight is 273 g/mol. The molecule has 0 amide bonds. The normalized spacial score (nSPS) is 26.4. The lowest BCUT2D eigenvalue weighted by atomic mass is 9.96. The Morgan fingerprint density at radius 3 is 2.78 bits per heavy atom. The summed E-state index contributed by atoms with van der Waals surface area (Å²) in [6.07, 6.45) is 4.52. The Bertz CT molecular complexity index is 511. The van der Waals surface area contributed by atoms with Gasteiger partial charge in [0, 0.05) is 32.4 Å². The second kappa shape index (κ2) is 4.99. The van der Waals surface area contributed by atoms with Gasteiger partial charge in [0.2, 0.25) is 10.0 Å². The molecule has 2 unspecified atom stereocenters. The van der Waals surface area contributed by atoms with Gasteiger partial charge in [-0.25, -0.2) is 8.42 Å². The van der Waals surface area contributed by atoms with Crippen LogP contribution in [0.4, 0.5) is 0 Å². The summed E-state index contributed by atoms with van der Waals surface area (Å²) in [7, 11) is -1.80. The number of aliphatic hydroxyl groups excluding tert-OH is 1. The molecule has 1 aromatic heterocycles.